The lowest BCUT2D eigenvalue weighted by atomic mass is 9.96. The van der Waals surface area contributed by atoms with Gasteiger partial charge in [-0.3, -0.25) is 4.79 Å². The van der Waals surface area contributed by atoms with Crippen LogP contribution in [0.2, 0.25) is 0 Å². The van der Waals surface area contributed by atoms with Gasteiger partial charge in [-0.15, -0.1) is 0 Å². The molecule has 0 aromatic carbocycles. The zero-order valence-electron chi connectivity index (χ0n) is 14.5. The second kappa shape index (κ2) is 7.69. The van der Waals surface area contributed by atoms with Crippen LogP contribution in [0.5, 0.6) is 0 Å². The molecule has 0 aliphatic carbocycles. The molecule has 7 nitrogen and oxygen atoms in total. The maximum absolute atomic E-state index is 12.9. The number of likely N-dealkylation sites (tertiary alicyclic amines) is 1. The van der Waals surface area contributed by atoms with Crippen molar-refractivity contribution in [3.63, 3.8) is 0 Å². The van der Waals surface area contributed by atoms with Gasteiger partial charge >= 0.3 is 0 Å². The zero-order chi connectivity index (χ0) is 18.0. The van der Waals surface area contributed by atoms with E-state index in [-0.39, 0.29) is 22.9 Å². The molecule has 2 aliphatic heterocycles. The number of carbonyl (C=O) groups is 1. The van der Waals surface area contributed by atoms with E-state index in [1.54, 1.807) is 16.7 Å². The highest BCUT2D eigenvalue weighted by molar-refractivity contribution is 7.99. The number of piperidine rings is 1. The van der Waals surface area contributed by atoms with Crippen LogP contribution in [0.25, 0.3) is 0 Å². The minimum absolute atomic E-state index is 0.00345. The largest absolute Gasteiger partial charge is 0.356 e. The van der Waals surface area contributed by atoms with E-state index in [1.165, 1.54) is 16.6 Å². The van der Waals surface area contributed by atoms with Crippen molar-refractivity contribution in [3.05, 3.63) is 18.0 Å². The first-order chi connectivity index (χ1) is 11.9. The molecule has 9 heteroatoms. The van der Waals surface area contributed by atoms with Crippen molar-refractivity contribution in [2.24, 2.45) is 5.73 Å². The molecule has 2 unspecified atom stereocenters. The molecule has 2 fully saturated rings. The van der Waals surface area contributed by atoms with Crippen LogP contribution < -0.4 is 5.73 Å². The molecule has 3 N–H and O–H groups in total. The smallest absolute Gasteiger partial charge is 0.270 e. The van der Waals surface area contributed by atoms with Crippen molar-refractivity contribution < 1.29 is 13.2 Å². The van der Waals surface area contributed by atoms with Crippen LogP contribution >= 0.6 is 11.8 Å². The Balaban J connectivity index is 1.79. The number of sulfonamides is 1. The third kappa shape index (κ3) is 3.89. The zero-order valence-corrected chi connectivity index (χ0v) is 16.1. The average molecular weight is 387 g/mol. The summed E-state index contributed by atoms with van der Waals surface area (Å²) in [5.41, 5.74) is 6.35. The summed E-state index contributed by atoms with van der Waals surface area (Å²) in [6, 6.07) is 1.36. The summed E-state index contributed by atoms with van der Waals surface area (Å²) >= 11 is 1.76. The van der Waals surface area contributed by atoms with Crippen molar-refractivity contribution in [1.29, 1.82) is 0 Å². The van der Waals surface area contributed by atoms with E-state index in [4.69, 9.17) is 5.73 Å². The second-order valence-electron chi connectivity index (χ2n) is 6.69. The molecule has 0 saturated carbocycles. The number of aromatic nitrogens is 1. The molecule has 2 saturated heterocycles. The fourth-order valence-corrected chi connectivity index (χ4v) is 6.06. The molecule has 0 radical (unpaired) electrons. The van der Waals surface area contributed by atoms with Crippen LogP contribution in [0.4, 0.5) is 0 Å². The highest BCUT2D eigenvalue weighted by atomic mass is 32.2. The Morgan fingerprint density at radius 3 is 2.72 bits per heavy atom. The van der Waals surface area contributed by atoms with Crippen molar-refractivity contribution in [2.75, 3.05) is 31.1 Å². The van der Waals surface area contributed by atoms with Crippen molar-refractivity contribution in [1.82, 2.24) is 14.2 Å². The molecule has 3 rings (SSSR count). The van der Waals surface area contributed by atoms with Crippen LogP contribution in [0.3, 0.4) is 0 Å². The fraction of sp³-hybridized carbons (Fsp3) is 0.688. The monoisotopic (exact) mass is 386 g/mol. The predicted octanol–water partition coefficient (Wildman–Crippen LogP) is 1.09. The topological polar surface area (TPSA) is 99.5 Å². The summed E-state index contributed by atoms with van der Waals surface area (Å²) in [6.07, 6.45) is 4.33. The standard InChI is InChI=1S/C16H26N4O3S2/c1-12(17)15-4-2-3-5-20(15)16(21)14-10-13(11-18-14)25(22,23)19-6-8-24-9-7-19/h10-12,15,18H,2-9,17H2,1H3. The first-order valence-electron chi connectivity index (χ1n) is 8.74. The van der Waals surface area contributed by atoms with E-state index in [9.17, 15) is 13.2 Å². The van der Waals surface area contributed by atoms with Crippen molar-refractivity contribution >= 4 is 27.7 Å². The summed E-state index contributed by atoms with van der Waals surface area (Å²) in [4.78, 5) is 17.7. The lowest BCUT2D eigenvalue weighted by Crippen LogP contribution is -2.51. The van der Waals surface area contributed by atoms with E-state index in [0.29, 0.717) is 25.3 Å². The Bertz CT molecular complexity index is 711. The summed E-state index contributed by atoms with van der Waals surface area (Å²) < 4.78 is 26.9. The maximum Gasteiger partial charge on any atom is 0.270 e. The fourth-order valence-electron chi connectivity index (χ4n) is 3.49. The first-order valence-corrected chi connectivity index (χ1v) is 11.3. The number of amides is 1. The van der Waals surface area contributed by atoms with Crippen LogP contribution in [-0.2, 0) is 10.0 Å². The summed E-state index contributed by atoms with van der Waals surface area (Å²) in [5.74, 6) is 1.44. The summed E-state index contributed by atoms with van der Waals surface area (Å²) in [5, 5.41) is 0. The predicted molar refractivity (Wildman–Crippen MR) is 99.2 cm³/mol. The number of thioether (sulfide) groups is 1. The normalized spacial score (nSPS) is 24.2. The van der Waals surface area contributed by atoms with Gasteiger partial charge in [0.1, 0.15) is 10.6 Å². The third-order valence-electron chi connectivity index (χ3n) is 4.91. The number of hydrogen-bond donors (Lipinski definition) is 2. The first kappa shape index (κ1) is 18.8. The van der Waals surface area contributed by atoms with Gasteiger partial charge in [-0.1, -0.05) is 0 Å². The lowest BCUT2D eigenvalue weighted by molar-refractivity contribution is 0.0578. The molecular formula is C16H26N4O3S2. The van der Waals surface area contributed by atoms with Gasteiger partial charge in [-0.25, -0.2) is 8.42 Å². The van der Waals surface area contributed by atoms with Crippen LogP contribution in [-0.4, -0.2) is 71.7 Å². The number of carbonyl (C=O) groups excluding carboxylic acids is 1. The van der Waals surface area contributed by atoms with Gasteiger partial charge in [-0.2, -0.15) is 16.1 Å². The highest BCUT2D eigenvalue weighted by Crippen LogP contribution is 2.24. The van der Waals surface area contributed by atoms with Crippen molar-refractivity contribution in [2.45, 2.75) is 43.2 Å². The van der Waals surface area contributed by atoms with Gasteiger partial charge in [0.15, 0.2) is 0 Å². The van der Waals surface area contributed by atoms with Gasteiger partial charge in [0.2, 0.25) is 10.0 Å². The molecule has 25 heavy (non-hydrogen) atoms. The van der Waals surface area contributed by atoms with Gasteiger partial charge in [0.25, 0.3) is 5.91 Å². The SMILES string of the molecule is CC(N)C1CCCCN1C(=O)c1cc(S(=O)(=O)N2CCSCC2)c[nH]1. The van der Waals surface area contributed by atoms with Gasteiger partial charge in [-0.05, 0) is 32.3 Å². The molecule has 140 valence electrons. The van der Waals surface area contributed by atoms with E-state index in [1.807, 2.05) is 6.92 Å². The lowest BCUT2D eigenvalue weighted by Gasteiger charge is -2.37. The number of rotatable bonds is 4. The third-order valence-corrected chi connectivity index (χ3v) is 7.73. The van der Waals surface area contributed by atoms with E-state index in [0.717, 1.165) is 30.8 Å². The molecule has 0 bridgehead atoms. The van der Waals surface area contributed by atoms with Gasteiger partial charge in [0, 0.05) is 49.4 Å². The van der Waals surface area contributed by atoms with E-state index >= 15 is 0 Å². The molecule has 0 spiro atoms. The second-order valence-corrected chi connectivity index (χ2v) is 9.85. The summed E-state index contributed by atoms with van der Waals surface area (Å²) in [6.45, 7) is 3.60. The Hall–Kier alpha value is -1.03. The minimum Gasteiger partial charge on any atom is -0.356 e. The number of hydrogen-bond acceptors (Lipinski definition) is 5. The van der Waals surface area contributed by atoms with Crippen LogP contribution in [0.1, 0.15) is 36.7 Å². The van der Waals surface area contributed by atoms with Crippen molar-refractivity contribution in [3.8, 4) is 0 Å². The molecule has 2 atom stereocenters. The van der Waals surface area contributed by atoms with Gasteiger partial charge < -0.3 is 15.6 Å². The Kier molecular flexibility index (Phi) is 5.77. The van der Waals surface area contributed by atoms with Crippen LogP contribution in [0, 0.1) is 0 Å². The Labute approximate surface area is 153 Å². The quantitative estimate of drug-likeness (QED) is 0.807. The maximum atomic E-state index is 12.9. The molecular weight excluding hydrogens is 360 g/mol. The van der Waals surface area contributed by atoms with E-state index < -0.39 is 10.0 Å². The Morgan fingerprint density at radius 1 is 1.32 bits per heavy atom. The Morgan fingerprint density at radius 2 is 2.04 bits per heavy atom. The summed E-state index contributed by atoms with van der Waals surface area (Å²) in [7, 11) is -3.54. The van der Waals surface area contributed by atoms with E-state index in [2.05, 4.69) is 4.98 Å². The molecule has 1 aromatic heterocycles. The molecule has 3 heterocycles. The molecule has 2 aliphatic rings. The molecule has 1 amide bonds. The number of aromatic amines is 1. The highest BCUT2D eigenvalue weighted by Gasteiger charge is 2.32. The van der Waals surface area contributed by atoms with Crippen LogP contribution in [0.15, 0.2) is 17.2 Å². The van der Waals surface area contributed by atoms with Gasteiger partial charge in [0.05, 0.1) is 0 Å². The average Bonchev–Trinajstić information content (AvgIpc) is 3.13. The molecule has 1 aromatic rings. The number of nitrogens with two attached hydrogens (primary N) is 1. The number of nitrogens with one attached hydrogen (secondary N) is 1. The minimum atomic E-state index is -3.54. The number of nitrogens with zero attached hydrogens (tertiary/aromatic N) is 2. The number of H-pyrrole nitrogens is 1.